The number of hydrazine groups is 1. The van der Waals surface area contributed by atoms with Crippen LogP contribution in [-0.2, 0) is 6.54 Å². The van der Waals surface area contributed by atoms with Crippen LogP contribution < -0.4 is 10.9 Å². The molecule has 6 heteroatoms. The summed E-state index contributed by atoms with van der Waals surface area (Å²) in [6.45, 7) is 2.99. The number of nitrogens with one attached hydrogen (secondary N) is 2. The maximum absolute atomic E-state index is 14.3. The van der Waals surface area contributed by atoms with Crippen molar-refractivity contribution in [3.05, 3.63) is 65.2 Å². The molecule has 2 heterocycles. The van der Waals surface area contributed by atoms with E-state index in [9.17, 15) is 13.9 Å². The number of likely N-dealkylation sites (tertiary alicyclic amines) is 1. The minimum atomic E-state index is -0.475. The molecule has 2 aromatic carbocycles. The molecule has 0 spiro atoms. The molecule has 0 aliphatic carbocycles. The number of piperidine rings is 1. The second kappa shape index (κ2) is 7.92. The molecule has 4 nitrogen and oxygen atoms in total. The summed E-state index contributed by atoms with van der Waals surface area (Å²) in [5.74, 6) is -0.591. The Hall–Kier alpha value is -2.02. The van der Waals surface area contributed by atoms with E-state index in [-0.39, 0.29) is 23.4 Å². The molecule has 2 saturated heterocycles. The number of aromatic hydroxyl groups is 1. The van der Waals surface area contributed by atoms with Crippen molar-refractivity contribution < 1.29 is 13.9 Å². The number of halogens is 2. The molecule has 3 unspecified atom stereocenters. The fraction of sp³-hybridized carbons (Fsp3) is 0.429. The van der Waals surface area contributed by atoms with Crippen molar-refractivity contribution in [1.29, 1.82) is 0 Å². The Balaban J connectivity index is 1.50. The number of phenols is 1. The minimum Gasteiger partial charge on any atom is -0.508 e. The topological polar surface area (TPSA) is 47.5 Å². The van der Waals surface area contributed by atoms with Crippen molar-refractivity contribution in [1.82, 2.24) is 15.8 Å². The average Bonchev–Trinajstić information content (AvgIpc) is 3.13. The molecule has 2 aliphatic heterocycles. The van der Waals surface area contributed by atoms with Gasteiger partial charge in [-0.15, -0.1) is 0 Å². The third-order valence-corrected chi connectivity index (χ3v) is 5.83. The molecule has 0 amide bonds. The maximum atomic E-state index is 14.3. The van der Waals surface area contributed by atoms with Gasteiger partial charge in [-0.1, -0.05) is 24.3 Å². The molecule has 3 atom stereocenters. The number of nitrogens with zero attached hydrogens (tertiary/aromatic N) is 1. The van der Waals surface area contributed by atoms with Gasteiger partial charge in [0.1, 0.15) is 17.4 Å². The highest BCUT2D eigenvalue weighted by molar-refractivity contribution is 5.31. The van der Waals surface area contributed by atoms with Gasteiger partial charge >= 0.3 is 0 Å². The lowest BCUT2D eigenvalue weighted by molar-refractivity contribution is 0.138. The molecular weight excluding hydrogens is 348 g/mol. The molecule has 3 N–H and O–H groups in total. The Morgan fingerprint density at radius 3 is 2.63 bits per heavy atom. The summed E-state index contributed by atoms with van der Waals surface area (Å²) in [5, 5.41) is 10.0. The standard InChI is InChI=1S/C21H25F2N3O/c22-17-7-3-8-18(23)20(17)16-11-24-25-21(16)15-6-4-10-26(13-15)12-14-5-1-2-9-19(14)27/h1-3,5,7-9,15-16,21,24-25,27H,4,6,10-13H2. The van der Waals surface area contributed by atoms with Crippen LogP contribution in [0.4, 0.5) is 8.78 Å². The first-order chi connectivity index (χ1) is 13.1. The van der Waals surface area contributed by atoms with Gasteiger partial charge in [0.2, 0.25) is 0 Å². The van der Waals surface area contributed by atoms with Crippen LogP contribution in [0, 0.1) is 17.6 Å². The number of hydrogen-bond donors (Lipinski definition) is 3. The van der Waals surface area contributed by atoms with Crippen LogP contribution in [-0.4, -0.2) is 35.7 Å². The summed E-state index contributed by atoms with van der Waals surface area (Å²) in [7, 11) is 0. The van der Waals surface area contributed by atoms with Gasteiger partial charge in [-0.05, 0) is 43.5 Å². The zero-order valence-electron chi connectivity index (χ0n) is 15.2. The monoisotopic (exact) mass is 373 g/mol. The molecule has 2 fully saturated rings. The summed E-state index contributed by atoms with van der Waals surface area (Å²) in [6, 6.07) is 11.4. The van der Waals surface area contributed by atoms with E-state index < -0.39 is 11.6 Å². The first-order valence-corrected chi connectivity index (χ1v) is 9.55. The smallest absolute Gasteiger partial charge is 0.129 e. The number of hydrogen-bond acceptors (Lipinski definition) is 4. The van der Waals surface area contributed by atoms with Gasteiger partial charge in [0.05, 0.1) is 0 Å². The Labute approximate surface area is 158 Å². The molecule has 4 rings (SSSR count). The summed E-state index contributed by atoms with van der Waals surface area (Å²) in [6.07, 6.45) is 2.05. The normalized spacial score (nSPS) is 26.4. The highest BCUT2D eigenvalue weighted by Crippen LogP contribution is 2.34. The SMILES string of the molecule is Oc1ccccc1CN1CCCC(C2NNCC2c2c(F)cccc2F)C1. The van der Waals surface area contributed by atoms with Gasteiger partial charge in [0, 0.05) is 42.7 Å². The lowest BCUT2D eigenvalue weighted by Gasteiger charge is -2.37. The van der Waals surface area contributed by atoms with Crippen molar-refractivity contribution in [3.8, 4) is 5.75 Å². The molecule has 144 valence electrons. The lowest BCUT2D eigenvalue weighted by Crippen LogP contribution is -2.46. The molecule has 0 aromatic heterocycles. The largest absolute Gasteiger partial charge is 0.508 e. The van der Waals surface area contributed by atoms with Crippen molar-refractivity contribution in [2.75, 3.05) is 19.6 Å². The number of rotatable bonds is 4. The van der Waals surface area contributed by atoms with Crippen LogP contribution in [0.5, 0.6) is 5.75 Å². The van der Waals surface area contributed by atoms with E-state index in [1.807, 2.05) is 18.2 Å². The third kappa shape index (κ3) is 3.83. The molecule has 0 radical (unpaired) electrons. The van der Waals surface area contributed by atoms with E-state index >= 15 is 0 Å². The predicted molar refractivity (Wildman–Crippen MR) is 100 cm³/mol. The summed E-state index contributed by atoms with van der Waals surface area (Å²) < 4.78 is 28.6. The minimum absolute atomic E-state index is 0.0245. The second-order valence-corrected chi connectivity index (χ2v) is 7.56. The summed E-state index contributed by atoms with van der Waals surface area (Å²) >= 11 is 0. The molecule has 0 bridgehead atoms. The number of phenolic OH excluding ortho intramolecular Hbond substituents is 1. The highest BCUT2D eigenvalue weighted by atomic mass is 19.1. The fourth-order valence-electron chi connectivity index (χ4n) is 4.52. The maximum Gasteiger partial charge on any atom is 0.129 e. The Bertz CT molecular complexity index is 780. The van der Waals surface area contributed by atoms with E-state index in [0.29, 0.717) is 18.8 Å². The van der Waals surface area contributed by atoms with Crippen LogP contribution in [0.15, 0.2) is 42.5 Å². The van der Waals surface area contributed by atoms with E-state index in [1.54, 1.807) is 6.07 Å². The van der Waals surface area contributed by atoms with Gasteiger partial charge < -0.3 is 5.11 Å². The van der Waals surface area contributed by atoms with Gasteiger partial charge in [0.15, 0.2) is 0 Å². The Morgan fingerprint density at radius 2 is 1.85 bits per heavy atom. The van der Waals surface area contributed by atoms with Gasteiger partial charge in [-0.2, -0.15) is 0 Å². The summed E-state index contributed by atoms with van der Waals surface area (Å²) in [5.41, 5.74) is 7.46. The lowest BCUT2D eigenvalue weighted by atomic mass is 9.80. The first-order valence-electron chi connectivity index (χ1n) is 9.55. The van der Waals surface area contributed by atoms with Crippen molar-refractivity contribution in [2.24, 2.45) is 5.92 Å². The van der Waals surface area contributed by atoms with Gasteiger partial charge in [-0.25, -0.2) is 8.78 Å². The van der Waals surface area contributed by atoms with E-state index in [2.05, 4.69) is 15.8 Å². The van der Waals surface area contributed by atoms with Crippen molar-refractivity contribution in [3.63, 3.8) is 0 Å². The quantitative estimate of drug-likeness (QED) is 0.771. The Morgan fingerprint density at radius 1 is 1.07 bits per heavy atom. The third-order valence-electron chi connectivity index (χ3n) is 5.83. The summed E-state index contributed by atoms with van der Waals surface area (Å²) in [4.78, 5) is 2.32. The molecule has 27 heavy (non-hydrogen) atoms. The van der Waals surface area contributed by atoms with Crippen LogP contribution >= 0.6 is 0 Å². The van der Waals surface area contributed by atoms with Crippen LogP contribution in [0.3, 0.4) is 0 Å². The van der Waals surface area contributed by atoms with E-state index in [4.69, 9.17) is 0 Å². The van der Waals surface area contributed by atoms with Crippen LogP contribution in [0.2, 0.25) is 0 Å². The Kier molecular flexibility index (Phi) is 5.38. The highest BCUT2D eigenvalue weighted by Gasteiger charge is 2.39. The van der Waals surface area contributed by atoms with Gasteiger partial charge in [0.25, 0.3) is 0 Å². The van der Waals surface area contributed by atoms with E-state index in [1.165, 1.54) is 18.2 Å². The second-order valence-electron chi connectivity index (χ2n) is 7.56. The number of benzene rings is 2. The molecule has 2 aromatic rings. The predicted octanol–water partition coefficient (Wildman–Crippen LogP) is 3.14. The molecular formula is C21H25F2N3O. The van der Waals surface area contributed by atoms with Crippen molar-refractivity contribution in [2.45, 2.75) is 31.3 Å². The average molecular weight is 373 g/mol. The first kappa shape index (κ1) is 18.3. The fourth-order valence-corrected chi connectivity index (χ4v) is 4.52. The van der Waals surface area contributed by atoms with Crippen molar-refractivity contribution >= 4 is 0 Å². The van der Waals surface area contributed by atoms with E-state index in [0.717, 1.165) is 31.5 Å². The zero-order chi connectivity index (χ0) is 18.8. The van der Waals surface area contributed by atoms with Gasteiger partial charge in [-0.3, -0.25) is 15.8 Å². The van der Waals surface area contributed by atoms with Crippen LogP contribution in [0.1, 0.15) is 29.9 Å². The number of para-hydroxylation sites is 1. The van der Waals surface area contributed by atoms with Crippen LogP contribution in [0.25, 0.3) is 0 Å². The zero-order valence-corrected chi connectivity index (χ0v) is 15.2. The molecule has 0 saturated carbocycles. The molecule has 2 aliphatic rings.